The van der Waals surface area contributed by atoms with Crippen LogP contribution in [0.15, 0.2) is 48.5 Å². The van der Waals surface area contributed by atoms with Crippen LogP contribution in [-0.4, -0.2) is 38.3 Å². The molecule has 3 aromatic rings. The van der Waals surface area contributed by atoms with Gasteiger partial charge in [-0.1, -0.05) is 30.3 Å². The van der Waals surface area contributed by atoms with Gasteiger partial charge in [-0.25, -0.2) is 14.3 Å². The highest BCUT2D eigenvalue weighted by atomic mass is 31.2. The first-order chi connectivity index (χ1) is 13.3. The summed E-state index contributed by atoms with van der Waals surface area (Å²) in [5.74, 6) is -0.298. The van der Waals surface area contributed by atoms with Crippen LogP contribution in [0.1, 0.15) is 15.9 Å². The topological polar surface area (TPSA) is 140 Å². The molecule has 0 aliphatic heterocycles. The second-order valence-corrected chi connectivity index (χ2v) is 6.87. The van der Waals surface area contributed by atoms with E-state index in [1.165, 1.54) is 10.6 Å². The van der Waals surface area contributed by atoms with Gasteiger partial charge in [0.2, 0.25) is 5.95 Å². The number of rotatable bonds is 6. The van der Waals surface area contributed by atoms with E-state index in [-0.39, 0.29) is 11.7 Å². The molecule has 0 aliphatic rings. The van der Waals surface area contributed by atoms with Gasteiger partial charge in [-0.3, -0.25) is 19.2 Å². The molecule has 1 heterocycles. The molecule has 0 saturated heterocycles. The minimum Gasteiger partial charge on any atom is -0.453 e. The van der Waals surface area contributed by atoms with Crippen molar-refractivity contribution in [1.29, 1.82) is 0 Å². The lowest BCUT2D eigenvalue weighted by atomic mass is 10.0. The number of anilines is 1. The number of fused-ring (bicyclic) bond motifs is 1. The van der Waals surface area contributed by atoms with Crippen LogP contribution in [0, 0.1) is 0 Å². The van der Waals surface area contributed by atoms with Gasteiger partial charge < -0.3 is 14.5 Å². The van der Waals surface area contributed by atoms with E-state index in [0.717, 1.165) is 7.11 Å². The maximum atomic E-state index is 12.7. The first-order valence-electron chi connectivity index (χ1n) is 7.93. The Morgan fingerprint density at radius 1 is 1.14 bits per heavy atom. The molecular formula is C17H16N3O7P. The fourth-order valence-corrected chi connectivity index (χ4v) is 2.79. The molecule has 0 spiro atoms. The number of carbonyl (C=O) groups is 2. The van der Waals surface area contributed by atoms with Gasteiger partial charge in [0.1, 0.15) is 6.73 Å². The zero-order valence-corrected chi connectivity index (χ0v) is 15.5. The van der Waals surface area contributed by atoms with Gasteiger partial charge in [0.15, 0.2) is 5.78 Å². The first kappa shape index (κ1) is 19.7. The molecule has 28 heavy (non-hydrogen) atoms. The lowest BCUT2D eigenvalue weighted by molar-refractivity contribution is 0.103. The van der Waals surface area contributed by atoms with Crippen molar-refractivity contribution in [3.05, 3.63) is 59.7 Å². The molecule has 3 rings (SSSR count). The van der Waals surface area contributed by atoms with Gasteiger partial charge in [0.05, 0.1) is 18.1 Å². The molecule has 0 atom stereocenters. The van der Waals surface area contributed by atoms with Gasteiger partial charge in [-0.05, 0) is 18.2 Å². The predicted molar refractivity (Wildman–Crippen MR) is 98.8 cm³/mol. The molecule has 10 nitrogen and oxygen atoms in total. The van der Waals surface area contributed by atoms with E-state index in [1.807, 2.05) is 0 Å². The highest BCUT2D eigenvalue weighted by molar-refractivity contribution is 7.46. The van der Waals surface area contributed by atoms with Crippen LogP contribution in [0.4, 0.5) is 10.7 Å². The summed E-state index contributed by atoms with van der Waals surface area (Å²) in [5, 5.41) is 2.34. The number of amides is 1. The van der Waals surface area contributed by atoms with Crippen LogP contribution in [0.2, 0.25) is 0 Å². The minimum absolute atomic E-state index is 0.0559. The van der Waals surface area contributed by atoms with E-state index in [2.05, 4.69) is 19.6 Å². The standard InChI is InChI=1S/C17H16N3O7P/c1-26-17(22)19-16-18-13-8-7-12(15(21)11-5-3-2-4-6-11)9-14(13)20(16)10-27-28(23,24)25/h2-9H,10H2,1H3,(H,18,19,22)(H2,23,24,25). The summed E-state index contributed by atoms with van der Waals surface area (Å²) in [5.41, 5.74) is 1.53. The monoisotopic (exact) mass is 405 g/mol. The van der Waals surface area contributed by atoms with Crippen molar-refractivity contribution < 1.29 is 33.2 Å². The molecule has 3 N–H and O–H groups in total. The number of hydrogen-bond donors (Lipinski definition) is 3. The first-order valence-corrected chi connectivity index (χ1v) is 9.46. The number of aromatic nitrogens is 2. The Balaban J connectivity index is 2.05. The number of ether oxygens (including phenoxy) is 1. The maximum absolute atomic E-state index is 12.7. The Morgan fingerprint density at radius 3 is 2.50 bits per heavy atom. The van der Waals surface area contributed by atoms with Gasteiger partial charge in [-0.15, -0.1) is 0 Å². The maximum Gasteiger partial charge on any atom is 0.471 e. The number of hydrogen-bond acceptors (Lipinski definition) is 6. The van der Waals surface area contributed by atoms with Crippen LogP contribution < -0.4 is 5.32 Å². The Labute approximate surface area is 159 Å². The molecule has 146 valence electrons. The highest BCUT2D eigenvalue weighted by Gasteiger charge is 2.20. The van der Waals surface area contributed by atoms with Crippen LogP contribution in [0.25, 0.3) is 11.0 Å². The van der Waals surface area contributed by atoms with E-state index in [0.29, 0.717) is 22.2 Å². The Hall–Kier alpha value is -3.04. The number of ketones is 1. The average molecular weight is 405 g/mol. The molecule has 0 unspecified atom stereocenters. The van der Waals surface area contributed by atoms with Crippen molar-refractivity contribution in [1.82, 2.24) is 9.55 Å². The summed E-state index contributed by atoms with van der Waals surface area (Å²) in [7, 11) is -3.63. The summed E-state index contributed by atoms with van der Waals surface area (Å²) in [6.07, 6.45) is -0.826. The van der Waals surface area contributed by atoms with Gasteiger partial charge >= 0.3 is 13.9 Å². The lowest BCUT2D eigenvalue weighted by Crippen LogP contribution is -2.16. The summed E-state index contributed by atoms with van der Waals surface area (Å²) < 4.78 is 21.4. The SMILES string of the molecule is COC(=O)Nc1nc2ccc(C(=O)c3ccccc3)cc2n1COP(=O)(O)O. The van der Waals surface area contributed by atoms with Gasteiger partial charge in [0.25, 0.3) is 0 Å². The largest absolute Gasteiger partial charge is 0.471 e. The van der Waals surface area contributed by atoms with Crippen LogP contribution in [-0.2, 0) is 20.6 Å². The highest BCUT2D eigenvalue weighted by Crippen LogP contribution is 2.37. The van der Waals surface area contributed by atoms with E-state index in [4.69, 9.17) is 9.79 Å². The molecule has 0 fully saturated rings. The Kier molecular flexibility index (Phi) is 5.57. The molecule has 1 aromatic heterocycles. The third kappa shape index (κ3) is 4.44. The Bertz CT molecular complexity index is 1080. The summed E-state index contributed by atoms with van der Waals surface area (Å²) in [4.78, 5) is 46.4. The van der Waals surface area contributed by atoms with Gasteiger partial charge in [0, 0.05) is 11.1 Å². The number of nitrogens with zero attached hydrogens (tertiary/aromatic N) is 2. The number of benzene rings is 2. The van der Waals surface area contributed by atoms with E-state index in [9.17, 15) is 14.2 Å². The van der Waals surface area contributed by atoms with Crippen molar-refractivity contribution in [3.63, 3.8) is 0 Å². The quantitative estimate of drug-likeness (QED) is 0.420. The van der Waals surface area contributed by atoms with Crippen molar-refractivity contribution in [2.75, 3.05) is 12.4 Å². The molecule has 0 radical (unpaired) electrons. The molecule has 11 heteroatoms. The summed E-state index contributed by atoms with van der Waals surface area (Å²) >= 11 is 0. The number of imidazole rings is 1. The van der Waals surface area contributed by atoms with Crippen molar-refractivity contribution in [2.45, 2.75) is 6.73 Å². The van der Waals surface area contributed by atoms with Crippen molar-refractivity contribution in [3.8, 4) is 0 Å². The minimum atomic E-state index is -4.78. The summed E-state index contributed by atoms with van der Waals surface area (Å²) in [6, 6.07) is 13.2. The smallest absolute Gasteiger partial charge is 0.453 e. The Morgan fingerprint density at radius 2 is 1.86 bits per heavy atom. The van der Waals surface area contributed by atoms with Crippen LogP contribution >= 0.6 is 7.82 Å². The zero-order valence-electron chi connectivity index (χ0n) is 14.6. The third-order valence-corrected chi connectivity index (χ3v) is 4.25. The van der Waals surface area contributed by atoms with Crippen molar-refractivity contribution in [2.24, 2.45) is 0 Å². The van der Waals surface area contributed by atoms with Gasteiger partial charge in [-0.2, -0.15) is 0 Å². The lowest BCUT2D eigenvalue weighted by Gasteiger charge is -2.11. The zero-order chi connectivity index (χ0) is 20.3. The van der Waals surface area contributed by atoms with Crippen LogP contribution in [0.3, 0.4) is 0 Å². The van der Waals surface area contributed by atoms with E-state index < -0.39 is 20.6 Å². The fraction of sp³-hybridized carbons (Fsp3) is 0.118. The third-order valence-electron chi connectivity index (χ3n) is 3.80. The van der Waals surface area contributed by atoms with Crippen LogP contribution in [0.5, 0.6) is 0 Å². The predicted octanol–water partition coefficient (Wildman–Crippen LogP) is 2.51. The summed E-state index contributed by atoms with van der Waals surface area (Å²) in [6.45, 7) is -0.608. The van der Waals surface area contributed by atoms with E-state index >= 15 is 0 Å². The van der Waals surface area contributed by atoms with Crippen molar-refractivity contribution >= 4 is 36.7 Å². The molecular weight excluding hydrogens is 389 g/mol. The number of phosphoric acid groups is 1. The second-order valence-electron chi connectivity index (χ2n) is 5.63. The number of phosphoric ester groups is 1. The average Bonchev–Trinajstić information content (AvgIpc) is 3.01. The number of nitrogens with one attached hydrogen (secondary N) is 1. The molecule has 2 aromatic carbocycles. The molecule has 0 saturated carbocycles. The normalized spacial score (nSPS) is 11.4. The number of carbonyl (C=O) groups excluding carboxylic acids is 2. The molecule has 0 aliphatic carbocycles. The molecule has 0 bridgehead atoms. The molecule has 1 amide bonds. The second kappa shape index (κ2) is 7.91. The van der Waals surface area contributed by atoms with E-state index in [1.54, 1.807) is 42.5 Å². The fourth-order valence-electron chi connectivity index (χ4n) is 2.52. The number of methoxy groups -OCH3 is 1.